The molecule has 1 atom stereocenters. The predicted molar refractivity (Wildman–Crippen MR) is 89.6 cm³/mol. The lowest BCUT2D eigenvalue weighted by molar-refractivity contribution is 0.534. The van der Waals surface area contributed by atoms with Crippen LogP contribution in [-0.2, 0) is 12.8 Å². The highest BCUT2D eigenvalue weighted by atomic mass is 32.1. The van der Waals surface area contributed by atoms with E-state index in [1.165, 1.54) is 15.3 Å². The maximum Gasteiger partial charge on any atom is 0.123 e. The molecule has 114 valence electrons. The highest BCUT2D eigenvalue weighted by Gasteiger charge is 2.15. The summed E-state index contributed by atoms with van der Waals surface area (Å²) >= 11 is 1.88. The summed E-state index contributed by atoms with van der Waals surface area (Å²) in [6.45, 7) is 7.36. The van der Waals surface area contributed by atoms with Crippen LogP contribution in [-0.4, -0.2) is 6.54 Å². The van der Waals surface area contributed by atoms with Crippen molar-refractivity contribution in [3.63, 3.8) is 0 Å². The third kappa shape index (κ3) is 4.39. The zero-order valence-corrected chi connectivity index (χ0v) is 13.9. The normalized spacial score (nSPS) is 12.6. The van der Waals surface area contributed by atoms with Crippen molar-refractivity contribution in [1.29, 1.82) is 0 Å². The second kappa shape index (κ2) is 7.71. The van der Waals surface area contributed by atoms with E-state index in [2.05, 4.69) is 31.3 Å². The molecule has 1 heterocycles. The smallest absolute Gasteiger partial charge is 0.123 e. The number of nitrogens with one attached hydrogen (secondary N) is 1. The number of aryl methyl sites for hydroxylation is 2. The minimum atomic E-state index is -0.154. The summed E-state index contributed by atoms with van der Waals surface area (Å²) in [5, 5.41) is 3.63. The molecule has 0 aliphatic carbocycles. The molecule has 21 heavy (non-hydrogen) atoms. The molecule has 0 radical (unpaired) electrons. The molecule has 2 aromatic rings. The lowest BCUT2D eigenvalue weighted by atomic mass is 10.00. The molecule has 0 bridgehead atoms. The minimum Gasteiger partial charge on any atom is -0.309 e. The molecule has 1 N–H and O–H groups in total. The van der Waals surface area contributed by atoms with Crippen LogP contribution in [0.3, 0.4) is 0 Å². The predicted octanol–water partition coefficient (Wildman–Crippen LogP) is 5.04. The van der Waals surface area contributed by atoms with Crippen LogP contribution in [0.15, 0.2) is 30.3 Å². The third-order valence-corrected chi connectivity index (χ3v) is 5.09. The largest absolute Gasteiger partial charge is 0.309 e. The molecule has 0 fully saturated rings. The minimum absolute atomic E-state index is 0.154. The molecule has 0 saturated carbocycles. The van der Waals surface area contributed by atoms with Gasteiger partial charge in [-0.05, 0) is 68.1 Å². The van der Waals surface area contributed by atoms with E-state index in [0.29, 0.717) is 6.04 Å². The molecule has 0 spiro atoms. The number of rotatable bonds is 7. The van der Waals surface area contributed by atoms with Gasteiger partial charge in [-0.3, -0.25) is 0 Å². The van der Waals surface area contributed by atoms with Crippen LogP contribution in [0.4, 0.5) is 4.39 Å². The van der Waals surface area contributed by atoms with Gasteiger partial charge in [0.1, 0.15) is 5.82 Å². The van der Waals surface area contributed by atoms with E-state index in [4.69, 9.17) is 0 Å². The van der Waals surface area contributed by atoms with Crippen molar-refractivity contribution in [2.75, 3.05) is 6.54 Å². The first kappa shape index (κ1) is 16.2. The van der Waals surface area contributed by atoms with Gasteiger partial charge in [0, 0.05) is 15.8 Å². The van der Waals surface area contributed by atoms with Crippen molar-refractivity contribution in [3.8, 4) is 0 Å². The number of hydrogen-bond donors (Lipinski definition) is 1. The van der Waals surface area contributed by atoms with Gasteiger partial charge < -0.3 is 5.32 Å². The zero-order chi connectivity index (χ0) is 15.2. The molecule has 0 aliphatic rings. The van der Waals surface area contributed by atoms with Crippen LogP contribution in [0.5, 0.6) is 0 Å². The molecular formula is C18H24FNS. The highest BCUT2D eigenvalue weighted by Crippen LogP contribution is 2.27. The van der Waals surface area contributed by atoms with Gasteiger partial charge in [0.05, 0.1) is 0 Å². The Balaban J connectivity index is 2.19. The Morgan fingerprint density at radius 2 is 2.00 bits per heavy atom. The molecule has 1 nitrogen and oxygen atoms in total. The van der Waals surface area contributed by atoms with Crippen LogP contribution in [0.25, 0.3) is 0 Å². The summed E-state index contributed by atoms with van der Waals surface area (Å²) in [5.74, 6) is -0.154. The Morgan fingerprint density at radius 3 is 2.62 bits per heavy atom. The summed E-state index contributed by atoms with van der Waals surface area (Å²) in [6, 6.07) is 9.87. The summed E-state index contributed by atoms with van der Waals surface area (Å²) in [7, 11) is 0. The van der Waals surface area contributed by atoms with Gasteiger partial charge in [0.25, 0.3) is 0 Å². The molecule has 1 aromatic carbocycles. The number of hydrogen-bond acceptors (Lipinski definition) is 2. The number of thiophene rings is 1. The Bertz CT molecular complexity index is 576. The molecular weight excluding hydrogens is 281 g/mol. The van der Waals surface area contributed by atoms with Gasteiger partial charge in [0.15, 0.2) is 0 Å². The fourth-order valence-corrected chi connectivity index (χ4v) is 3.50. The lowest BCUT2D eigenvalue weighted by Gasteiger charge is -2.18. The Hall–Kier alpha value is -1.19. The molecule has 0 saturated heterocycles. The highest BCUT2D eigenvalue weighted by molar-refractivity contribution is 7.12. The third-order valence-electron chi connectivity index (χ3n) is 3.74. The second-order valence-electron chi connectivity index (χ2n) is 5.44. The van der Waals surface area contributed by atoms with Crippen molar-refractivity contribution in [2.45, 2.75) is 46.1 Å². The molecule has 1 unspecified atom stereocenters. The van der Waals surface area contributed by atoms with Gasteiger partial charge in [0.2, 0.25) is 0 Å². The van der Waals surface area contributed by atoms with Crippen LogP contribution < -0.4 is 5.32 Å². The van der Waals surface area contributed by atoms with Crippen LogP contribution in [0.2, 0.25) is 0 Å². The number of benzene rings is 1. The van der Waals surface area contributed by atoms with Gasteiger partial charge in [-0.15, -0.1) is 11.3 Å². The summed E-state index contributed by atoms with van der Waals surface area (Å²) < 4.78 is 13.2. The van der Waals surface area contributed by atoms with E-state index in [1.54, 1.807) is 12.1 Å². The maximum absolute atomic E-state index is 13.2. The summed E-state index contributed by atoms with van der Waals surface area (Å²) in [4.78, 5) is 2.80. The van der Waals surface area contributed by atoms with Crippen molar-refractivity contribution >= 4 is 11.3 Å². The standard InChI is InChI=1S/C18H24FNS/c1-4-10-20-17(18-9-8-16(5-2)21-18)12-14-6-7-15(19)11-13(14)3/h6-9,11,17,20H,4-5,10,12H2,1-3H3. The van der Waals surface area contributed by atoms with E-state index in [-0.39, 0.29) is 5.82 Å². The van der Waals surface area contributed by atoms with E-state index in [1.807, 2.05) is 24.3 Å². The fourth-order valence-electron chi connectivity index (χ4n) is 2.47. The van der Waals surface area contributed by atoms with Crippen molar-refractivity contribution < 1.29 is 4.39 Å². The van der Waals surface area contributed by atoms with Crippen molar-refractivity contribution in [3.05, 3.63) is 57.0 Å². The lowest BCUT2D eigenvalue weighted by Crippen LogP contribution is -2.23. The van der Waals surface area contributed by atoms with Crippen LogP contribution in [0, 0.1) is 12.7 Å². The molecule has 0 aliphatic heterocycles. The van der Waals surface area contributed by atoms with Gasteiger partial charge >= 0.3 is 0 Å². The topological polar surface area (TPSA) is 12.0 Å². The van der Waals surface area contributed by atoms with Gasteiger partial charge in [-0.2, -0.15) is 0 Å². The zero-order valence-electron chi connectivity index (χ0n) is 13.1. The van der Waals surface area contributed by atoms with Crippen molar-refractivity contribution in [2.24, 2.45) is 0 Å². The van der Waals surface area contributed by atoms with E-state index >= 15 is 0 Å². The Labute approximate surface area is 131 Å². The van der Waals surface area contributed by atoms with E-state index in [0.717, 1.165) is 31.4 Å². The molecule has 3 heteroatoms. The maximum atomic E-state index is 13.2. The summed E-state index contributed by atoms with van der Waals surface area (Å²) in [6.07, 6.45) is 3.11. The van der Waals surface area contributed by atoms with Gasteiger partial charge in [-0.1, -0.05) is 19.9 Å². The first-order valence-corrected chi connectivity index (χ1v) is 8.52. The fraction of sp³-hybridized carbons (Fsp3) is 0.444. The SMILES string of the molecule is CCCNC(Cc1ccc(F)cc1C)c1ccc(CC)s1. The molecule has 2 rings (SSSR count). The van der Waals surface area contributed by atoms with Crippen LogP contribution >= 0.6 is 11.3 Å². The van der Waals surface area contributed by atoms with Crippen molar-refractivity contribution in [1.82, 2.24) is 5.32 Å². The number of halogens is 1. The average molecular weight is 305 g/mol. The summed E-state index contributed by atoms with van der Waals surface area (Å²) in [5.41, 5.74) is 2.25. The Morgan fingerprint density at radius 1 is 1.19 bits per heavy atom. The first-order valence-electron chi connectivity index (χ1n) is 7.71. The monoisotopic (exact) mass is 305 g/mol. The quantitative estimate of drug-likeness (QED) is 0.755. The molecule has 1 aromatic heterocycles. The van der Waals surface area contributed by atoms with Crippen LogP contribution in [0.1, 0.15) is 47.2 Å². The second-order valence-corrected chi connectivity index (χ2v) is 6.64. The molecule has 0 amide bonds. The van der Waals surface area contributed by atoms with E-state index < -0.39 is 0 Å². The first-order chi connectivity index (χ1) is 10.1. The van der Waals surface area contributed by atoms with E-state index in [9.17, 15) is 4.39 Å². The average Bonchev–Trinajstić information content (AvgIpc) is 2.94. The van der Waals surface area contributed by atoms with Gasteiger partial charge in [-0.25, -0.2) is 4.39 Å². The Kier molecular flexibility index (Phi) is 5.95.